The van der Waals surface area contributed by atoms with Gasteiger partial charge in [-0.25, -0.2) is 4.79 Å². The first-order valence-electron chi connectivity index (χ1n) is 10.3. The summed E-state index contributed by atoms with van der Waals surface area (Å²) in [7, 11) is 0. The fourth-order valence-corrected chi connectivity index (χ4v) is 4.71. The van der Waals surface area contributed by atoms with Gasteiger partial charge in [0, 0.05) is 29.7 Å². The lowest BCUT2D eigenvalue weighted by Crippen LogP contribution is -2.29. The van der Waals surface area contributed by atoms with E-state index in [9.17, 15) is 9.90 Å². The Kier molecular flexibility index (Phi) is 6.28. The number of piperidine rings is 1. The molecule has 30 heavy (non-hydrogen) atoms. The standard InChI is InChI=1S/C23H26N4O2S/c1-2-16-6-7-18(23(28)29)15-22(16)30-26-20-14-17(19-10-11-24-25-19)8-9-21(20)27-12-4-3-5-13-27/h6-11,14-15,26H,2-5,12-13H2,1H3,(H,24,25)(H,28,29). The Morgan fingerprint density at radius 1 is 1.17 bits per heavy atom. The van der Waals surface area contributed by atoms with Crippen molar-refractivity contribution in [2.45, 2.75) is 37.5 Å². The van der Waals surface area contributed by atoms with Crippen molar-refractivity contribution in [1.82, 2.24) is 10.2 Å². The van der Waals surface area contributed by atoms with Crippen LogP contribution in [0.2, 0.25) is 0 Å². The fraction of sp³-hybridized carbons (Fsp3) is 0.304. The van der Waals surface area contributed by atoms with Crippen LogP contribution < -0.4 is 9.62 Å². The molecule has 0 radical (unpaired) electrons. The van der Waals surface area contributed by atoms with Crippen LogP contribution in [0.15, 0.2) is 53.6 Å². The van der Waals surface area contributed by atoms with Gasteiger partial charge >= 0.3 is 5.97 Å². The van der Waals surface area contributed by atoms with Gasteiger partial charge in [0.15, 0.2) is 0 Å². The summed E-state index contributed by atoms with van der Waals surface area (Å²) in [6.45, 7) is 4.19. The first kappa shape index (κ1) is 20.3. The molecule has 1 fully saturated rings. The lowest BCUT2D eigenvalue weighted by atomic mass is 10.1. The van der Waals surface area contributed by atoms with E-state index >= 15 is 0 Å². The molecule has 6 nitrogen and oxygen atoms in total. The van der Waals surface area contributed by atoms with Crippen LogP contribution >= 0.6 is 11.9 Å². The van der Waals surface area contributed by atoms with Gasteiger partial charge in [0.1, 0.15) is 0 Å². The summed E-state index contributed by atoms with van der Waals surface area (Å²) in [6, 6.07) is 13.7. The van der Waals surface area contributed by atoms with Crippen molar-refractivity contribution in [2.24, 2.45) is 0 Å². The van der Waals surface area contributed by atoms with Gasteiger partial charge in [-0.05, 0) is 73.5 Å². The van der Waals surface area contributed by atoms with E-state index < -0.39 is 5.97 Å². The Morgan fingerprint density at radius 2 is 2.00 bits per heavy atom. The number of carbonyl (C=O) groups is 1. The van der Waals surface area contributed by atoms with Crippen molar-refractivity contribution < 1.29 is 9.90 Å². The molecule has 2 aromatic carbocycles. The van der Waals surface area contributed by atoms with Gasteiger partial charge in [-0.1, -0.05) is 19.1 Å². The highest BCUT2D eigenvalue weighted by molar-refractivity contribution is 8.00. The van der Waals surface area contributed by atoms with Crippen molar-refractivity contribution in [3.8, 4) is 11.3 Å². The average molecular weight is 423 g/mol. The minimum absolute atomic E-state index is 0.305. The molecule has 0 aliphatic carbocycles. The molecule has 3 N–H and O–H groups in total. The average Bonchev–Trinajstić information content (AvgIpc) is 3.33. The van der Waals surface area contributed by atoms with Gasteiger partial charge in [0.05, 0.1) is 22.6 Å². The molecule has 0 spiro atoms. The highest BCUT2D eigenvalue weighted by atomic mass is 32.2. The monoisotopic (exact) mass is 422 g/mol. The maximum Gasteiger partial charge on any atom is 0.335 e. The minimum Gasteiger partial charge on any atom is -0.478 e. The van der Waals surface area contributed by atoms with Gasteiger partial charge in [0.2, 0.25) is 0 Å². The van der Waals surface area contributed by atoms with Crippen molar-refractivity contribution in [1.29, 1.82) is 0 Å². The van der Waals surface area contributed by atoms with Crippen molar-refractivity contribution >= 4 is 29.3 Å². The molecule has 0 bridgehead atoms. The molecule has 7 heteroatoms. The Balaban J connectivity index is 1.65. The summed E-state index contributed by atoms with van der Waals surface area (Å²) >= 11 is 1.47. The third-order valence-electron chi connectivity index (χ3n) is 5.47. The van der Waals surface area contributed by atoms with Crippen LogP contribution in [0.3, 0.4) is 0 Å². The van der Waals surface area contributed by atoms with Crippen LogP contribution in [0.4, 0.5) is 11.4 Å². The molecule has 1 aliphatic heterocycles. The largest absolute Gasteiger partial charge is 0.478 e. The normalized spacial score (nSPS) is 14.0. The van der Waals surface area contributed by atoms with E-state index in [2.05, 4.69) is 44.9 Å². The van der Waals surface area contributed by atoms with E-state index in [4.69, 9.17) is 0 Å². The van der Waals surface area contributed by atoms with Gasteiger partial charge in [-0.2, -0.15) is 5.10 Å². The van der Waals surface area contributed by atoms with Crippen LogP contribution in [0.5, 0.6) is 0 Å². The van der Waals surface area contributed by atoms with E-state index in [1.165, 1.54) is 36.9 Å². The maximum atomic E-state index is 11.4. The predicted molar refractivity (Wildman–Crippen MR) is 122 cm³/mol. The number of nitrogens with zero attached hydrogens (tertiary/aromatic N) is 2. The molecule has 1 saturated heterocycles. The summed E-state index contributed by atoms with van der Waals surface area (Å²) in [4.78, 5) is 14.8. The second-order valence-corrected chi connectivity index (χ2v) is 8.28. The maximum absolute atomic E-state index is 11.4. The number of nitrogens with one attached hydrogen (secondary N) is 2. The molecule has 1 aliphatic rings. The van der Waals surface area contributed by atoms with Crippen LogP contribution in [0, 0.1) is 0 Å². The Labute approximate surface area is 180 Å². The molecular formula is C23H26N4O2S. The zero-order valence-electron chi connectivity index (χ0n) is 17.0. The fourth-order valence-electron chi connectivity index (χ4n) is 3.80. The van der Waals surface area contributed by atoms with Gasteiger partial charge in [0.25, 0.3) is 0 Å². The Hall–Kier alpha value is -2.93. The third kappa shape index (κ3) is 4.46. The second-order valence-electron chi connectivity index (χ2n) is 7.44. The number of carboxylic acids is 1. The van der Waals surface area contributed by atoms with Crippen LogP contribution in [0.25, 0.3) is 11.3 Å². The molecule has 4 rings (SSSR count). The Morgan fingerprint density at radius 3 is 2.70 bits per heavy atom. The highest BCUT2D eigenvalue weighted by Gasteiger charge is 2.17. The SMILES string of the molecule is CCc1ccc(C(=O)O)cc1SNc1cc(-c2ccn[nH]2)ccc1N1CCCCC1. The lowest BCUT2D eigenvalue weighted by Gasteiger charge is -2.31. The molecule has 0 unspecified atom stereocenters. The zero-order valence-corrected chi connectivity index (χ0v) is 17.8. The van der Waals surface area contributed by atoms with Crippen LogP contribution in [-0.4, -0.2) is 34.4 Å². The third-order valence-corrected chi connectivity index (χ3v) is 6.39. The van der Waals surface area contributed by atoms with E-state index in [1.807, 2.05) is 12.1 Å². The minimum atomic E-state index is -0.908. The first-order chi connectivity index (χ1) is 14.7. The molecule has 3 aromatic rings. The topological polar surface area (TPSA) is 81.2 Å². The van der Waals surface area contributed by atoms with E-state index in [0.717, 1.165) is 46.9 Å². The number of hydrogen-bond donors (Lipinski definition) is 3. The first-order valence-corrected chi connectivity index (χ1v) is 11.1. The van der Waals surface area contributed by atoms with Crippen molar-refractivity contribution in [3.05, 3.63) is 59.8 Å². The van der Waals surface area contributed by atoms with Crippen LogP contribution in [0.1, 0.15) is 42.1 Å². The number of H-pyrrole nitrogens is 1. The second kappa shape index (κ2) is 9.26. The smallest absolute Gasteiger partial charge is 0.335 e. The molecule has 156 valence electrons. The van der Waals surface area contributed by atoms with Gasteiger partial charge in [-0.3, -0.25) is 5.10 Å². The zero-order chi connectivity index (χ0) is 20.9. The quantitative estimate of drug-likeness (QED) is 0.440. The molecule has 0 amide bonds. The van der Waals surface area contributed by atoms with Gasteiger partial charge in [-0.15, -0.1) is 0 Å². The number of aromatic nitrogens is 2. The highest BCUT2D eigenvalue weighted by Crippen LogP contribution is 2.36. The summed E-state index contributed by atoms with van der Waals surface area (Å²) in [6.07, 6.45) is 6.28. The number of rotatable bonds is 7. The summed E-state index contributed by atoms with van der Waals surface area (Å²) in [5, 5.41) is 16.5. The number of aromatic amines is 1. The molecule has 2 heterocycles. The summed E-state index contributed by atoms with van der Waals surface area (Å²) in [5.74, 6) is -0.908. The number of hydrogen-bond acceptors (Lipinski definition) is 5. The van der Waals surface area contributed by atoms with Crippen molar-refractivity contribution in [2.75, 3.05) is 22.7 Å². The molecule has 0 saturated carbocycles. The van der Waals surface area contributed by atoms with E-state index in [-0.39, 0.29) is 0 Å². The Bertz CT molecular complexity index is 1010. The molecule has 0 atom stereocenters. The van der Waals surface area contributed by atoms with E-state index in [1.54, 1.807) is 18.3 Å². The number of benzene rings is 2. The van der Waals surface area contributed by atoms with E-state index in [0.29, 0.717) is 5.56 Å². The van der Waals surface area contributed by atoms with Gasteiger partial charge < -0.3 is 14.7 Å². The number of anilines is 2. The number of carboxylic acid groups (broad SMARTS) is 1. The predicted octanol–water partition coefficient (Wildman–Crippen LogP) is 5.45. The molecule has 1 aromatic heterocycles. The summed E-state index contributed by atoms with van der Waals surface area (Å²) in [5.41, 5.74) is 5.66. The van der Waals surface area contributed by atoms with Crippen LogP contribution in [-0.2, 0) is 6.42 Å². The summed E-state index contributed by atoms with van der Waals surface area (Å²) < 4.78 is 3.52. The van der Waals surface area contributed by atoms with Crippen molar-refractivity contribution in [3.63, 3.8) is 0 Å². The number of aromatic carboxylic acids is 1. The number of aryl methyl sites for hydroxylation is 1. The lowest BCUT2D eigenvalue weighted by molar-refractivity contribution is 0.0696. The molecular weight excluding hydrogens is 396 g/mol.